The van der Waals surface area contributed by atoms with Gasteiger partial charge in [-0.05, 0) is 47.9 Å². The zero-order valence-electron chi connectivity index (χ0n) is 16.2. The number of ether oxygens (including phenoxy) is 1. The van der Waals surface area contributed by atoms with Crippen molar-refractivity contribution in [1.29, 1.82) is 0 Å². The van der Waals surface area contributed by atoms with Crippen LogP contribution in [-0.2, 0) is 23.1 Å². The molecule has 0 saturated heterocycles. The van der Waals surface area contributed by atoms with Gasteiger partial charge in [-0.1, -0.05) is 18.2 Å². The number of fused-ring (bicyclic) bond motifs is 1. The Hall–Kier alpha value is -3.36. The number of nitrogens with one attached hydrogen (secondary N) is 1. The van der Waals surface area contributed by atoms with Gasteiger partial charge >= 0.3 is 0 Å². The summed E-state index contributed by atoms with van der Waals surface area (Å²) < 4.78 is 38.3. The second-order valence-corrected chi connectivity index (χ2v) is 8.68. The van der Waals surface area contributed by atoms with Gasteiger partial charge in [0, 0.05) is 18.2 Å². The molecule has 2 aromatic heterocycles. The van der Waals surface area contributed by atoms with Crippen LogP contribution in [0, 0.1) is 0 Å². The first-order valence-electron chi connectivity index (χ1n) is 9.25. The quantitative estimate of drug-likeness (QED) is 0.490. The summed E-state index contributed by atoms with van der Waals surface area (Å²) in [6.07, 6.45) is 1.48. The summed E-state index contributed by atoms with van der Waals surface area (Å²) in [6, 6.07) is 18.5. The van der Waals surface area contributed by atoms with E-state index in [1.165, 1.54) is 22.7 Å². The van der Waals surface area contributed by atoms with Gasteiger partial charge in [0.15, 0.2) is 0 Å². The summed E-state index contributed by atoms with van der Waals surface area (Å²) in [6.45, 7) is -0.0977. The van der Waals surface area contributed by atoms with Gasteiger partial charge in [-0.25, -0.2) is 8.42 Å². The predicted molar refractivity (Wildman–Crippen MR) is 113 cm³/mol. The van der Waals surface area contributed by atoms with Crippen LogP contribution in [0.4, 0.5) is 0 Å². The van der Waals surface area contributed by atoms with Crippen molar-refractivity contribution in [3.05, 3.63) is 94.7 Å². The maximum absolute atomic E-state index is 13.3. The Morgan fingerprint density at radius 1 is 1.00 bits per heavy atom. The van der Waals surface area contributed by atoms with E-state index in [0.29, 0.717) is 22.6 Å². The molecule has 30 heavy (non-hydrogen) atoms. The number of benzene rings is 2. The second kappa shape index (κ2) is 8.17. The van der Waals surface area contributed by atoms with Crippen LogP contribution in [0.3, 0.4) is 0 Å². The number of rotatable bonds is 7. The molecule has 2 aromatic carbocycles. The van der Waals surface area contributed by atoms with Crippen LogP contribution in [-0.4, -0.2) is 24.8 Å². The highest BCUT2D eigenvalue weighted by molar-refractivity contribution is 7.89. The Morgan fingerprint density at radius 3 is 2.50 bits per heavy atom. The minimum atomic E-state index is -3.86. The van der Waals surface area contributed by atoms with Crippen LogP contribution >= 0.6 is 0 Å². The summed E-state index contributed by atoms with van der Waals surface area (Å²) in [5, 5.41) is 0.778. The lowest BCUT2D eigenvalue weighted by molar-refractivity contribution is 0.357. The van der Waals surface area contributed by atoms with Crippen molar-refractivity contribution in [3.63, 3.8) is 0 Å². The fraction of sp³-hybridized carbons (Fsp3) is 0.136. The molecule has 0 spiro atoms. The molecule has 0 aliphatic carbocycles. The first-order chi connectivity index (χ1) is 14.5. The number of hydrogen-bond donors (Lipinski definition) is 1. The molecular weight excluding hydrogens is 404 g/mol. The monoisotopic (exact) mass is 424 g/mol. The van der Waals surface area contributed by atoms with Crippen molar-refractivity contribution in [2.75, 3.05) is 7.11 Å². The summed E-state index contributed by atoms with van der Waals surface area (Å²) in [5.41, 5.74) is 0.591. The summed E-state index contributed by atoms with van der Waals surface area (Å²) in [7, 11) is -2.31. The van der Waals surface area contributed by atoms with Gasteiger partial charge in [0.2, 0.25) is 10.0 Å². The van der Waals surface area contributed by atoms with E-state index < -0.39 is 10.0 Å². The molecule has 1 N–H and O–H groups in total. The number of H-pyrrole nitrogens is 1. The topological polar surface area (TPSA) is 92.6 Å². The fourth-order valence-electron chi connectivity index (χ4n) is 3.20. The minimum Gasteiger partial charge on any atom is -0.497 e. The number of pyridine rings is 1. The number of sulfonamides is 1. The molecule has 2 heterocycles. The Bertz CT molecular complexity index is 1310. The Balaban J connectivity index is 1.75. The van der Waals surface area contributed by atoms with Crippen LogP contribution < -0.4 is 10.3 Å². The lowest BCUT2D eigenvalue weighted by atomic mass is 10.1. The average Bonchev–Trinajstić information content (AvgIpc) is 3.27. The van der Waals surface area contributed by atoms with Crippen molar-refractivity contribution in [1.82, 2.24) is 9.29 Å². The van der Waals surface area contributed by atoms with Gasteiger partial charge in [-0.2, -0.15) is 4.31 Å². The lowest BCUT2D eigenvalue weighted by Crippen LogP contribution is -2.32. The van der Waals surface area contributed by atoms with E-state index in [1.807, 2.05) is 6.07 Å². The standard InChI is InChI=1S/C22H20N2O5S/c1-28-18-10-9-16-12-17(22(25)23-21(16)13-18)14-24(15-19-6-5-11-29-19)30(26,27)20-7-3-2-4-8-20/h2-13H,14-15H2,1H3,(H,23,25). The molecule has 4 rings (SSSR count). The summed E-state index contributed by atoms with van der Waals surface area (Å²) in [5.74, 6) is 1.11. The molecular formula is C22H20N2O5S. The van der Waals surface area contributed by atoms with Gasteiger partial charge in [0.05, 0.1) is 30.3 Å². The minimum absolute atomic E-state index is 0.00428. The number of methoxy groups -OCH3 is 1. The molecule has 4 aromatic rings. The maximum Gasteiger partial charge on any atom is 0.252 e. The molecule has 0 aliphatic rings. The lowest BCUT2D eigenvalue weighted by Gasteiger charge is -2.21. The average molecular weight is 424 g/mol. The molecule has 0 fully saturated rings. The van der Waals surface area contributed by atoms with Crippen molar-refractivity contribution in [3.8, 4) is 5.75 Å². The largest absolute Gasteiger partial charge is 0.497 e. The van der Waals surface area contributed by atoms with Crippen molar-refractivity contribution >= 4 is 20.9 Å². The van der Waals surface area contributed by atoms with E-state index in [9.17, 15) is 13.2 Å². The predicted octanol–water partition coefficient (Wildman–Crippen LogP) is 3.52. The van der Waals surface area contributed by atoms with Gasteiger partial charge in [0.1, 0.15) is 11.5 Å². The molecule has 8 heteroatoms. The number of nitrogens with zero attached hydrogens (tertiary/aromatic N) is 1. The zero-order valence-corrected chi connectivity index (χ0v) is 17.1. The Morgan fingerprint density at radius 2 is 1.80 bits per heavy atom. The Kier molecular flexibility index (Phi) is 5.43. The zero-order chi connectivity index (χ0) is 21.1. The highest BCUT2D eigenvalue weighted by Crippen LogP contribution is 2.23. The van der Waals surface area contributed by atoms with Crippen LogP contribution in [0.25, 0.3) is 10.9 Å². The van der Waals surface area contributed by atoms with Crippen LogP contribution in [0.1, 0.15) is 11.3 Å². The highest BCUT2D eigenvalue weighted by Gasteiger charge is 2.26. The second-order valence-electron chi connectivity index (χ2n) is 6.74. The van der Waals surface area contributed by atoms with E-state index in [4.69, 9.17) is 9.15 Å². The Labute approximate surface area is 173 Å². The number of hydrogen-bond acceptors (Lipinski definition) is 5. The van der Waals surface area contributed by atoms with Gasteiger partial charge in [-0.3, -0.25) is 4.79 Å². The van der Waals surface area contributed by atoms with Crippen molar-refractivity contribution in [2.24, 2.45) is 0 Å². The van der Waals surface area contributed by atoms with Gasteiger partial charge < -0.3 is 14.1 Å². The third kappa shape index (κ3) is 4.00. The van der Waals surface area contributed by atoms with Crippen molar-refractivity contribution < 1.29 is 17.6 Å². The van der Waals surface area contributed by atoms with E-state index in [-0.39, 0.29) is 23.5 Å². The van der Waals surface area contributed by atoms with Crippen LogP contribution in [0.5, 0.6) is 5.75 Å². The number of aromatic nitrogens is 1. The highest BCUT2D eigenvalue weighted by atomic mass is 32.2. The molecule has 7 nitrogen and oxygen atoms in total. The van der Waals surface area contributed by atoms with E-state index in [1.54, 1.807) is 55.6 Å². The number of aromatic amines is 1. The molecule has 0 saturated carbocycles. The van der Waals surface area contributed by atoms with Crippen molar-refractivity contribution in [2.45, 2.75) is 18.0 Å². The van der Waals surface area contributed by atoms with Crippen LogP contribution in [0.2, 0.25) is 0 Å². The summed E-state index contributed by atoms with van der Waals surface area (Å²) >= 11 is 0. The van der Waals surface area contributed by atoms with E-state index >= 15 is 0 Å². The molecule has 0 atom stereocenters. The van der Waals surface area contributed by atoms with E-state index in [2.05, 4.69) is 4.98 Å². The molecule has 0 unspecified atom stereocenters. The normalized spacial score (nSPS) is 11.8. The molecule has 0 radical (unpaired) electrons. The smallest absolute Gasteiger partial charge is 0.252 e. The molecule has 0 bridgehead atoms. The summed E-state index contributed by atoms with van der Waals surface area (Å²) in [4.78, 5) is 15.7. The van der Waals surface area contributed by atoms with Crippen LogP contribution in [0.15, 0.2) is 87.1 Å². The SMILES string of the molecule is COc1ccc2cc(CN(Cc3ccco3)S(=O)(=O)c3ccccc3)c(=O)[nH]c2c1. The third-order valence-electron chi connectivity index (χ3n) is 4.77. The van der Waals surface area contributed by atoms with Gasteiger partial charge in [0.25, 0.3) is 5.56 Å². The molecule has 0 aliphatic heterocycles. The number of furan rings is 1. The fourth-order valence-corrected chi connectivity index (χ4v) is 4.61. The third-order valence-corrected chi connectivity index (χ3v) is 6.58. The molecule has 154 valence electrons. The molecule has 0 amide bonds. The van der Waals surface area contributed by atoms with E-state index in [0.717, 1.165) is 5.39 Å². The first kappa shape index (κ1) is 19.9. The first-order valence-corrected chi connectivity index (χ1v) is 10.7. The maximum atomic E-state index is 13.3. The van der Waals surface area contributed by atoms with Gasteiger partial charge in [-0.15, -0.1) is 0 Å².